The van der Waals surface area contributed by atoms with Gasteiger partial charge in [-0.15, -0.1) is 0 Å². The summed E-state index contributed by atoms with van der Waals surface area (Å²) >= 11 is 0.932. The molecule has 4 amide bonds. The number of thioether (sulfide) groups is 1. The van der Waals surface area contributed by atoms with E-state index in [1.54, 1.807) is 0 Å². The van der Waals surface area contributed by atoms with Crippen molar-refractivity contribution in [2.45, 2.75) is 89.4 Å². The van der Waals surface area contributed by atoms with Crippen LogP contribution in [0.4, 0.5) is 4.79 Å². The number of carbonyl (C=O) groups excluding carboxylic acids is 6. The van der Waals surface area contributed by atoms with Crippen LogP contribution in [-0.2, 0) is 39.9 Å². The monoisotopic (exact) mass is 801 g/mol. The van der Waals surface area contributed by atoms with E-state index in [4.69, 9.17) is 10.5 Å². The number of nitrogens with one attached hydrogen (secondary N) is 4. The normalized spacial score (nSPS) is 14.4. The summed E-state index contributed by atoms with van der Waals surface area (Å²) in [5.41, 5.74) is 10.7. The van der Waals surface area contributed by atoms with Crippen LogP contribution in [0.15, 0.2) is 78.9 Å². The molecule has 0 aromatic heterocycles. The molecule has 0 fully saturated rings. The van der Waals surface area contributed by atoms with E-state index in [1.165, 1.54) is 14.0 Å². The maximum absolute atomic E-state index is 14.0. The van der Waals surface area contributed by atoms with E-state index in [2.05, 4.69) is 26.0 Å². The van der Waals surface area contributed by atoms with Crippen LogP contribution < -0.4 is 27.0 Å². The van der Waals surface area contributed by atoms with E-state index < -0.39 is 54.0 Å². The van der Waals surface area contributed by atoms with E-state index in [-0.39, 0.29) is 42.2 Å². The van der Waals surface area contributed by atoms with Gasteiger partial charge in [0.15, 0.2) is 0 Å². The highest BCUT2D eigenvalue weighted by Gasteiger charge is 2.34. The lowest BCUT2D eigenvalue weighted by Crippen LogP contribution is -2.59. The molecule has 0 heterocycles. The van der Waals surface area contributed by atoms with Crippen LogP contribution in [0.5, 0.6) is 0 Å². The lowest BCUT2D eigenvalue weighted by Gasteiger charge is -2.28. The van der Waals surface area contributed by atoms with Gasteiger partial charge in [-0.2, -0.15) is 0 Å². The molecule has 3 aromatic rings. The molecule has 13 nitrogen and oxygen atoms in total. The van der Waals surface area contributed by atoms with Crippen LogP contribution in [-0.4, -0.2) is 85.1 Å². The fourth-order valence-electron chi connectivity index (χ4n) is 6.63. The van der Waals surface area contributed by atoms with Crippen LogP contribution in [0.25, 0.3) is 11.1 Å². The average Bonchev–Trinajstić information content (AvgIpc) is 3.54. The number of alkyl carbamates (subject to hydrolysis) is 1. The standard InChI is InChI=1S/C43H55N5O8S/c1-5-27(2)38(41(52)46-35(21-13-14-23-44)42(53)57-24-22-37(49)55-4)48-40(51)36(25-29-15-7-6-8-16-29)47-39(50)28(3)45-43(54)56-26-34-32-19-11-9-17-30(32)31-18-10-12-20-33(31)34/h6-12,15-20,27-28,34-36,38H,5,13-14,21-26,44H2,1-4H3,(H,45,54)(H,46,52)(H,47,50)(H,48,51)/t27-,28-,35-,36-,38-/m0/s1. The van der Waals surface area contributed by atoms with Gasteiger partial charge in [0.2, 0.25) is 22.8 Å². The second-order valence-electron chi connectivity index (χ2n) is 14.2. The number of unbranched alkanes of at least 4 members (excludes halogenated alkanes) is 1. The molecule has 0 saturated carbocycles. The van der Waals surface area contributed by atoms with Crippen molar-refractivity contribution in [2.24, 2.45) is 11.7 Å². The second-order valence-corrected chi connectivity index (χ2v) is 15.3. The zero-order valence-electron chi connectivity index (χ0n) is 33.1. The fourth-order valence-corrected chi connectivity index (χ4v) is 7.48. The van der Waals surface area contributed by atoms with E-state index in [1.807, 2.05) is 92.7 Å². The van der Waals surface area contributed by atoms with Crippen molar-refractivity contribution >= 4 is 46.7 Å². The highest BCUT2D eigenvalue weighted by atomic mass is 32.2. The molecule has 14 heteroatoms. The highest BCUT2D eigenvalue weighted by Crippen LogP contribution is 2.44. The van der Waals surface area contributed by atoms with Crippen molar-refractivity contribution in [1.82, 2.24) is 21.3 Å². The molecule has 0 saturated heterocycles. The molecular formula is C43H55N5O8S. The molecule has 0 unspecified atom stereocenters. The number of nitrogens with two attached hydrogens (primary N) is 1. The number of benzene rings is 3. The Morgan fingerprint density at radius 2 is 1.37 bits per heavy atom. The van der Waals surface area contributed by atoms with Crippen molar-refractivity contribution in [3.63, 3.8) is 0 Å². The van der Waals surface area contributed by atoms with Gasteiger partial charge in [-0.3, -0.25) is 24.0 Å². The van der Waals surface area contributed by atoms with Crippen molar-refractivity contribution in [3.8, 4) is 11.1 Å². The number of ether oxygens (including phenoxy) is 2. The lowest BCUT2D eigenvalue weighted by atomic mass is 9.96. The maximum atomic E-state index is 14.0. The molecule has 57 heavy (non-hydrogen) atoms. The second kappa shape index (κ2) is 22.5. The van der Waals surface area contributed by atoms with Gasteiger partial charge < -0.3 is 36.5 Å². The predicted molar refractivity (Wildman–Crippen MR) is 220 cm³/mol. The summed E-state index contributed by atoms with van der Waals surface area (Å²) in [5.74, 6) is -2.55. The third kappa shape index (κ3) is 12.9. The van der Waals surface area contributed by atoms with Gasteiger partial charge in [-0.05, 0) is 66.5 Å². The number of hydrogen-bond donors (Lipinski definition) is 5. The lowest BCUT2D eigenvalue weighted by molar-refractivity contribution is -0.140. The predicted octanol–water partition coefficient (Wildman–Crippen LogP) is 4.61. The van der Waals surface area contributed by atoms with E-state index in [0.29, 0.717) is 32.2 Å². The average molecular weight is 802 g/mol. The van der Waals surface area contributed by atoms with Gasteiger partial charge in [0.25, 0.3) is 0 Å². The summed E-state index contributed by atoms with van der Waals surface area (Å²) in [6.45, 7) is 5.67. The molecule has 1 aliphatic rings. The fraction of sp³-hybridized carbons (Fsp3) is 0.442. The zero-order chi connectivity index (χ0) is 41.3. The van der Waals surface area contributed by atoms with Crippen LogP contribution in [0.3, 0.4) is 0 Å². The molecule has 0 spiro atoms. The number of methoxy groups -OCH3 is 1. The van der Waals surface area contributed by atoms with Crippen LogP contribution in [0.2, 0.25) is 0 Å². The number of hydrogen-bond acceptors (Lipinski definition) is 10. The van der Waals surface area contributed by atoms with Gasteiger partial charge in [-0.25, -0.2) is 4.79 Å². The van der Waals surface area contributed by atoms with Crippen molar-refractivity contribution in [3.05, 3.63) is 95.6 Å². The molecule has 0 aliphatic heterocycles. The minimum atomic E-state index is -1.12. The number of fused-ring (bicyclic) bond motifs is 3. The highest BCUT2D eigenvalue weighted by molar-refractivity contribution is 8.13. The van der Waals surface area contributed by atoms with Crippen molar-refractivity contribution < 1.29 is 38.2 Å². The zero-order valence-corrected chi connectivity index (χ0v) is 33.9. The summed E-state index contributed by atoms with van der Waals surface area (Å²) in [5, 5.41) is 10.7. The molecule has 0 radical (unpaired) electrons. The Balaban J connectivity index is 1.42. The molecule has 4 rings (SSSR count). The summed E-state index contributed by atoms with van der Waals surface area (Å²) in [7, 11) is 1.27. The summed E-state index contributed by atoms with van der Waals surface area (Å²) in [4.78, 5) is 79.2. The van der Waals surface area contributed by atoms with E-state index in [0.717, 1.165) is 39.6 Å². The Bertz CT molecular complexity index is 1800. The molecular weight excluding hydrogens is 747 g/mol. The number of esters is 1. The Morgan fingerprint density at radius 1 is 0.754 bits per heavy atom. The Hall–Kier alpha value is -5.21. The van der Waals surface area contributed by atoms with Gasteiger partial charge in [-0.1, -0.05) is 111 Å². The van der Waals surface area contributed by atoms with E-state index >= 15 is 0 Å². The summed E-state index contributed by atoms with van der Waals surface area (Å²) in [6.07, 6.45) is 1.44. The van der Waals surface area contributed by atoms with E-state index in [9.17, 15) is 28.8 Å². The topological polar surface area (TPSA) is 195 Å². The number of carbonyl (C=O) groups is 6. The first-order chi connectivity index (χ1) is 27.5. The molecule has 3 aromatic carbocycles. The minimum absolute atomic E-state index is 0.0380. The first-order valence-electron chi connectivity index (χ1n) is 19.5. The van der Waals surface area contributed by atoms with Gasteiger partial charge in [0.05, 0.1) is 19.6 Å². The quantitative estimate of drug-likeness (QED) is 0.0750. The van der Waals surface area contributed by atoms with Crippen molar-refractivity contribution in [1.29, 1.82) is 0 Å². The third-order valence-corrected chi connectivity index (χ3v) is 11.1. The largest absolute Gasteiger partial charge is 0.469 e. The smallest absolute Gasteiger partial charge is 0.407 e. The number of rotatable bonds is 21. The summed E-state index contributed by atoms with van der Waals surface area (Å²) in [6, 6.07) is 20.9. The molecule has 1 aliphatic carbocycles. The molecule has 306 valence electrons. The molecule has 0 bridgehead atoms. The first kappa shape index (κ1) is 44.5. The van der Waals surface area contributed by atoms with Crippen LogP contribution >= 0.6 is 11.8 Å². The summed E-state index contributed by atoms with van der Waals surface area (Å²) < 4.78 is 10.3. The van der Waals surface area contributed by atoms with Crippen LogP contribution in [0.1, 0.15) is 75.5 Å². The van der Waals surface area contributed by atoms with Gasteiger partial charge in [0.1, 0.15) is 24.7 Å². The maximum Gasteiger partial charge on any atom is 0.407 e. The van der Waals surface area contributed by atoms with Crippen LogP contribution in [0, 0.1) is 5.92 Å². The van der Waals surface area contributed by atoms with Gasteiger partial charge in [0, 0.05) is 18.1 Å². The number of amides is 4. The Morgan fingerprint density at radius 3 is 1.98 bits per heavy atom. The first-order valence-corrected chi connectivity index (χ1v) is 20.5. The van der Waals surface area contributed by atoms with Gasteiger partial charge >= 0.3 is 12.1 Å². The Kier molecular flexibility index (Phi) is 17.6. The minimum Gasteiger partial charge on any atom is -0.469 e. The molecule has 5 atom stereocenters. The third-order valence-electron chi connectivity index (χ3n) is 10.1. The molecule has 6 N–H and O–H groups in total. The SMILES string of the molecule is CC[C@H](C)[C@H](NC(=O)[C@H](Cc1ccccc1)NC(=O)[C@H](C)NC(=O)OCC1c2ccccc2-c2ccccc21)C(=O)N[C@@H](CCCCN)C(=O)SCCC(=O)OC. The Labute approximate surface area is 339 Å². The van der Waals surface area contributed by atoms with Crippen molar-refractivity contribution in [2.75, 3.05) is 26.0 Å².